The minimum Gasteiger partial charge on any atom is -0.368 e. The molecule has 25 heavy (non-hydrogen) atoms. The zero-order valence-electron chi connectivity index (χ0n) is 14.8. The normalized spacial score (nSPS) is 22.4. The summed E-state index contributed by atoms with van der Waals surface area (Å²) in [6.07, 6.45) is 5.57. The number of aromatic nitrogens is 3. The zero-order chi connectivity index (χ0) is 18.2. The summed E-state index contributed by atoms with van der Waals surface area (Å²) in [7, 11) is 1.58. The Morgan fingerprint density at radius 3 is 2.72 bits per heavy atom. The Morgan fingerprint density at radius 1 is 1.36 bits per heavy atom. The second-order valence-corrected chi connectivity index (χ2v) is 6.88. The highest BCUT2D eigenvalue weighted by molar-refractivity contribution is 6.03. The average molecular weight is 336 g/mol. The summed E-state index contributed by atoms with van der Waals surface area (Å²) < 4.78 is 7.69. The average Bonchev–Trinajstić information content (AvgIpc) is 3.03. The van der Waals surface area contributed by atoms with Gasteiger partial charge >= 0.3 is 0 Å². The van der Waals surface area contributed by atoms with Crippen LogP contribution in [0.4, 0.5) is 0 Å². The molecule has 2 aromatic heterocycles. The summed E-state index contributed by atoms with van der Waals surface area (Å²) in [5.74, 6) is 1.37. The van der Waals surface area contributed by atoms with E-state index in [0.717, 1.165) is 5.82 Å². The van der Waals surface area contributed by atoms with Gasteiger partial charge in [-0.05, 0) is 31.6 Å². The fourth-order valence-electron chi connectivity index (χ4n) is 3.35. The molecule has 0 radical (unpaired) electrons. The van der Waals surface area contributed by atoms with Gasteiger partial charge in [0.1, 0.15) is 23.3 Å². The van der Waals surface area contributed by atoms with E-state index >= 15 is 0 Å². The van der Waals surface area contributed by atoms with Crippen molar-refractivity contribution >= 4 is 5.78 Å². The Labute approximate surface area is 146 Å². The molecular weight excluding hydrogens is 316 g/mol. The van der Waals surface area contributed by atoms with Gasteiger partial charge in [0.2, 0.25) is 0 Å². The van der Waals surface area contributed by atoms with Gasteiger partial charge in [-0.15, -0.1) is 0 Å². The third kappa shape index (κ3) is 2.77. The number of carbonyl (C=O) groups excluding carboxylic acids is 1. The number of hydrogen-bond donors (Lipinski definition) is 0. The third-order valence-electron chi connectivity index (χ3n) is 4.67. The Hall–Kier alpha value is -2.78. The molecule has 6 nitrogen and oxygen atoms in total. The van der Waals surface area contributed by atoms with Crippen molar-refractivity contribution in [3.05, 3.63) is 53.8 Å². The number of allylic oxidation sites excluding steroid dienone is 1. The van der Waals surface area contributed by atoms with Crippen LogP contribution in [0.15, 0.2) is 42.2 Å². The van der Waals surface area contributed by atoms with Crippen LogP contribution in [0.25, 0.3) is 5.82 Å². The number of carbonyl (C=O) groups is 1. The lowest BCUT2D eigenvalue weighted by Gasteiger charge is -2.39. The minimum atomic E-state index is -0.924. The van der Waals surface area contributed by atoms with E-state index in [0.29, 0.717) is 17.9 Å². The van der Waals surface area contributed by atoms with Crippen molar-refractivity contribution in [2.24, 2.45) is 5.41 Å². The SMILES string of the molecule is COC1(c2cccc(-n3ccnc3C)n2)C=C(C#N)C(=O)C(C)(C)C1. The van der Waals surface area contributed by atoms with Gasteiger partial charge in [0.25, 0.3) is 0 Å². The van der Waals surface area contributed by atoms with E-state index < -0.39 is 11.0 Å². The number of methoxy groups -OCH3 is 1. The Bertz CT molecular complexity index is 904. The maximum absolute atomic E-state index is 12.4. The number of ketones is 1. The van der Waals surface area contributed by atoms with Gasteiger partial charge in [-0.3, -0.25) is 9.36 Å². The molecule has 1 atom stereocenters. The standard InChI is InChI=1S/C19H20N4O2/c1-13-21-8-9-23(13)16-7-5-6-15(22-16)19(25-4)10-14(11-20)17(24)18(2,3)12-19/h5-10H,12H2,1-4H3. The minimum absolute atomic E-state index is 0.115. The molecule has 0 saturated heterocycles. The van der Waals surface area contributed by atoms with Gasteiger partial charge in [0, 0.05) is 24.9 Å². The monoisotopic (exact) mass is 336 g/mol. The summed E-state index contributed by atoms with van der Waals surface area (Å²) in [5.41, 5.74) is -0.858. The molecule has 3 rings (SSSR count). The highest BCUT2D eigenvalue weighted by Crippen LogP contribution is 2.44. The molecule has 0 aliphatic heterocycles. The highest BCUT2D eigenvalue weighted by Gasteiger charge is 2.47. The molecule has 2 aromatic rings. The fraction of sp³-hybridized carbons (Fsp3) is 0.368. The second-order valence-electron chi connectivity index (χ2n) is 6.88. The molecule has 0 amide bonds. The van der Waals surface area contributed by atoms with E-state index in [1.54, 1.807) is 19.4 Å². The number of ether oxygens (including phenoxy) is 1. The van der Waals surface area contributed by atoms with Crippen LogP contribution in [-0.4, -0.2) is 27.4 Å². The van der Waals surface area contributed by atoms with Crippen LogP contribution in [0, 0.1) is 23.7 Å². The number of imidazole rings is 1. The van der Waals surface area contributed by atoms with Crippen molar-refractivity contribution in [2.75, 3.05) is 7.11 Å². The van der Waals surface area contributed by atoms with Crippen LogP contribution < -0.4 is 0 Å². The summed E-state index contributed by atoms with van der Waals surface area (Å²) in [5, 5.41) is 9.38. The number of rotatable bonds is 3. The van der Waals surface area contributed by atoms with Crippen LogP contribution in [-0.2, 0) is 15.1 Å². The van der Waals surface area contributed by atoms with Crippen LogP contribution in [0.1, 0.15) is 31.8 Å². The van der Waals surface area contributed by atoms with Crippen molar-refractivity contribution in [2.45, 2.75) is 32.8 Å². The highest BCUT2D eigenvalue weighted by atomic mass is 16.5. The van der Waals surface area contributed by atoms with Crippen LogP contribution in [0.3, 0.4) is 0 Å². The summed E-state index contributed by atoms with van der Waals surface area (Å²) >= 11 is 0. The van der Waals surface area contributed by atoms with Crippen molar-refractivity contribution in [3.63, 3.8) is 0 Å². The maximum atomic E-state index is 12.4. The van der Waals surface area contributed by atoms with E-state index in [9.17, 15) is 10.1 Å². The summed E-state index contributed by atoms with van der Waals surface area (Å²) in [6.45, 7) is 5.56. The van der Waals surface area contributed by atoms with Gasteiger partial charge in [0.05, 0.1) is 11.3 Å². The first kappa shape index (κ1) is 17.1. The largest absolute Gasteiger partial charge is 0.368 e. The van der Waals surface area contributed by atoms with Gasteiger partial charge in [-0.1, -0.05) is 19.9 Å². The van der Waals surface area contributed by atoms with Gasteiger partial charge in [0.15, 0.2) is 5.78 Å². The number of nitriles is 1. The smallest absolute Gasteiger partial charge is 0.178 e. The Balaban J connectivity index is 2.16. The molecule has 2 heterocycles. The lowest BCUT2D eigenvalue weighted by molar-refractivity contribution is -0.128. The molecule has 128 valence electrons. The van der Waals surface area contributed by atoms with E-state index in [4.69, 9.17) is 9.72 Å². The molecule has 0 saturated carbocycles. The first-order valence-electron chi connectivity index (χ1n) is 8.04. The van der Waals surface area contributed by atoms with E-state index in [-0.39, 0.29) is 11.4 Å². The second kappa shape index (κ2) is 5.94. The maximum Gasteiger partial charge on any atom is 0.178 e. The summed E-state index contributed by atoms with van der Waals surface area (Å²) in [4.78, 5) is 21.4. The Kier molecular flexibility index (Phi) is 4.05. The van der Waals surface area contributed by atoms with E-state index in [2.05, 4.69) is 4.98 Å². The molecule has 1 aliphatic rings. The van der Waals surface area contributed by atoms with Crippen molar-refractivity contribution in [3.8, 4) is 11.9 Å². The van der Waals surface area contributed by atoms with Crippen LogP contribution in [0.2, 0.25) is 0 Å². The van der Waals surface area contributed by atoms with Gasteiger partial charge < -0.3 is 4.74 Å². The number of nitrogens with zero attached hydrogens (tertiary/aromatic N) is 4. The van der Waals surface area contributed by atoms with Crippen molar-refractivity contribution < 1.29 is 9.53 Å². The number of pyridine rings is 1. The quantitative estimate of drug-likeness (QED) is 0.861. The van der Waals surface area contributed by atoms with E-state index in [1.165, 1.54) is 0 Å². The van der Waals surface area contributed by atoms with Crippen molar-refractivity contribution in [1.29, 1.82) is 5.26 Å². The lowest BCUT2D eigenvalue weighted by atomic mass is 9.68. The number of hydrogen-bond acceptors (Lipinski definition) is 5. The first-order chi connectivity index (χ1) is 11.8. The fourth-order valence-corrected chi connectivity index (χ4v) is 3.35. The molecule has 0 fully saturated rings. The van der Waals surface area contributed by atoms with Crippen LogP contribution >= 0.6 is 0 Å². The zero-order valence-corrected chi connectivity index (χ0v) is 14.8. The Morgan fingerprint density at radius 2 is 2.12 bits per heavy atom. The molecule has 0 aromatic carbocycles. The third-order valence-corrected chi connectivity index (χ3v) is 4.67. The predicted molar refractivity (Wildman–Crippen MR) is 91.9 cm³/mol. The number of Topliss-reactive ketones (excluding diaryl/α,β-unsaturated/α-hetero) is 1. The molecule has 6 heteroatoms. The van der Waals surface area contributed by atoms with E-state index in [1.807, 2.05) is 55.8 Å². The molecule has 1 unspecified atom stereocenters. The number of aryl methyl sites for hydroxylation is 1. The molecule has 0 N–H and O–H groups in total. The first-order valence-corrected chi connectivity index (χ1v) is 8.04. The molecule has 1 aliphatic carbocycles. The van der Waals surface area contributed by atoms with Crippen LogP contribution in [0.5, 0.6) is 0 Å². The summed E-state index contributed by atoms with van der Waals surface area (Å²) in [6, 6.07) is 7.64. The van der Waals surface area contributed by atoms with Gasteiger partial charge in [-0.2, -0.15) is 5.26 Å². The lowest BCUT2D eigenvalue weighted by Crippen LogP contribution is -2.42. The topological polar surface area (TPSA) is 80.8 Å². The molecular formula is C19H20N4O2. The predicted octanol–water partition coefficient (Wildman–Crippen LogP) is 2.87. The van der Waals surface area contributed by atoms with Gasteiger partial charge in [-0.25, -0.2) is 9.97 Å². The molecule has 0 bridgehead atoms. The van der Waals surface area contributed by atoms with Crippen molar-refractivity contribution in [1.82, 2.24) is 14.5 Å². The molecule has 0 spiro atoms.